The molecule has 1 heterocycles. The van der Waals surface area contributed by atoms with Gasteiger partial charge in [0.1, 0.15) is 5.75 Å². The minimum atomic E-state index is 0.975. The van der Waals surface area contributed by atoms with Crippen molar-refractivity contribution in [1.29, 1.82) is 0 Å². The second-order valence-electron chi connectivity index (χ2n) is 3.44. The van der Waals surface area contributed by atoms with Gasteiger partial charge in [0, 0.05) is 10.3 Å². The second-order valence-corrected chi connectivity index (χ2v) is 4.43. The fourth-order valence-electron chi connectivity index (χ4n) is 1.51. The van der Waals surface area contributed by atoms with Crippen LogP contribution >= 0.6 is 11.3 Å². The Hall–Kier alpha value is -1.28. The predicted molar refractivity (Wildman–Crippen MR) is 64.7 cm³/mol. The fraction of sp³-hybridized carbons (Fsp3) is 0.231. The molecule has 2 aromatic rings. The number of hydrogen-bond acceptors (Lipinski definition) is 2. The van der Waals surface area contributed by atoms with Gasteiger partial charge in [0.25, 0.3) is 0 Å². The summed E-state index contributed by atoms with van der Waals surface area (Å²) in [5, 5.41) is 2.06. The maximum atomic E-state index is 5.16. The molecule has 0 aliphatic rings. The van der Waals surface area contributed by atoms with E-state index in [-0.39, 0.29) is 0 Å². The first-order valence-corrected chi connectivity index (χ1v) is 5.92. The summed E-state index contributed by atoms with van der Waals surface area (Å²) in [6.07, 6.45) is 2.20. The lowest BCUT2D eigenvalue weighted by Crippen LogP contribution is -1.87. The maximum absolute atomic E-state index is 5.16. The highest BCUT2D eigenvalue weighted by Gasteiger charge is 2.00. The standard InChI is InChI=1S/C13H14OS/c1-14-12-9-13(15-10-12)8-7-11-5-3-2-4-6-11/h2-6,9-10H,7-8H2,1H3. The average Bonchev–Trinajstić information content (AvgIpc) is 2.76. The molecule has 1 aromatic heterocycles. The molecule has 0 fully saturated rings. The zero-order chi connectivity index (χ0) is 10.5. The minimum Gasteiger partial charge on any atom is -0.496 e. The third kappa shape index (κ3) is 2.83. The summed E-state index contributed by atoms with van der Waals surface area (Å²) in [5.74, 6) is 0.975. The van der Waals surface area contributed by atoms with Gasteiger partial charge in [-0.1, -0.05) is 30.3 Å². The quantitative estimate of drug-likeness (QED) is 0.762. The molecule has 0 aliphatic carbocycles. The Bertz CT molecular complexity index is 405. The lowest BCUT2D eigenvalue weighted by molar-refractivity contribution is 0.416. The van der Waals surface area contributed by atoms with Crippen LogP contribution in [0.3, 0.4) is 0 Å². The summed E-state index contributed by atoms with van der Waals surface area (Å²) in [6.45, 7) is 0. The first-order valence-electron chi connectivity index (χ1n) is 5.04. The van der Waals surface area contributed by atoms with Gasteiger partial charge in [0.05, 0.1) is 7.11 Å². The van der Waals surface area contributed by atoms with Crippen LogP contribution in [-0.2, 0) is 12.8 Å². The summed E-state index contributed by atoms with van der Waals surface area (Å²) in [4.78, 5) is 1.38. The van der Waals surface area contributed by atoms with Crippen LogP contribution in [0.15, 0.2) is 41.8 Å². The highest BCUT2D eigenvalue weighted by molar-refractivity contribution is 7.10. The molecule has 0 atom stereocenters. The fourth-order valence-corrected chi connectivity index (χ4v) is 2.35. The summed E-state index contributed by atoms with van der Waals surface area (Å²) in [5.41, 5.74) is 1.39. The zero-order valence-corrected chi connectivity index (χ0v) is 9.59. The number of methoxy groups -OCH3 is 1. The van der Waals surface area contributed by atoms with Crippen LogP contribution in [0.2, 0.25) is 0 Å². The van der Waals surface area contributed by atoms with E-state index < -0.39 is 0 Å². The van der Waals surface area contributed by atoms with Crippen LogP contribution in [-0.4, -0.2) is 7.11 Å². The van der Waals surface area contributed by atoms with Crippen molar-refractivity contribution in [3.05, 3.63) is 52.2 Å². The van der Waals surface area contributed by atoms with E-state index in [0.29, 0.717) is 0 Å². The molecule has 0 amide bonds. The molecule has 2 rings (SSSR count). The van der Waals surface area contributed by atoms with Gasteiger partial charge in [-0.3, -0.25) is 0 Å². The molecule has 1 aromatic carbocycles. The van der Waals surface area contributed by atoms with E-state index in [0.717, 1.165) is 18.6 Å². The van der Waals surface area contributed by atoms with E-state index >= 15 is 0 Å². The van der Waals surface area contributed by atoms with Gasteiger partial charge in [-0.25, -0.2) is 0 Å². The number of benzene rings is 1. The second kappa shape index (κ2) is 4.99. The van der Waals surface area contributed by atoms with Gasteiger partial charge >= 0.3 is 0 Å². The number of thiophene rings is 1. The zero-order valence-electron chi connectivity index (χ0n) is 8.77. The van der Waals surface area contributed by atoms with Crippen molar-refractivity contribution < 1.29 is 4.74 Å². The SMILES string of the molecule is COc1csc(CCc2ccccc2)c1. The van der Waals surface area contributed by atoms with Crippen molar-refractivity contribution >= 4 is 11.3 Å². The van der Waals surface area contributed by atoms with Gasteiger partial charge in [0.15, 0.2) is 0 Å². The van der Waals surface area contributed by atoms with Crippen LogP contribution in [0.25, 0.3) is 0 Å². The van der Waals surface area contributed by atoms with Crippen molar-refractivity contribution in [3.63, 3.8) is 0 Å². The van der Waals surface area contributed by atoms with E-state index in [9.17, 15) is 0 Å². The number of rotatable bonds is 4. The van der Waals surface area contributed by atoms with E-state index in [1.54, 1.807) is 18.4 Å². The maximum Gasteiger partial charge on any atom is 0.129 e. The summed E-state index contributed by atoms with van der Waals surface area (Å²) in [7, 11) is 1.71. The van der Waals surface area contributed by atoms with Gasteiger partial charge in [-0.15, -0.1) is 11.3 Å². The molecule has 0 spiro atoms. The Morgan fingerprint density at radius 2 is 1.93 bits per heavy atom. The highest BCUT2D eigenvalue weighted by atomic mass is 32.1. The van der Waals surface area contributed by atoms with Crippen LogP contribution in [0.5, 0.6) is 5.75 Å². The molecule has 0 saturated heterocycles. The lowest BCUT2D eigenvalue weighted by Gasteiger charge is -1.98. The molecule has 0 N–H and O–H groups in total. The van der Waals surface area contributed by atoms with Crippen LogP contribution in [0, 0.1) is 0 Å². The number of aryl methyl sites for hydroxylation is 2. The van der Waals surface area contributed by atoms with E-state index in [1.165, 1.54) is 10.4 Å². The highest BCUT2D eigenvalue weighted by Crippen LogP contribution is 2.22. The van der Waals surface area contributed by atoms with Gasteiger partial charge in [-0.2, -0.15) is 0 Å². The Labute approximate surface area is 94.3 Å². The summed E-state index contributed by atoms with van der Waals surface area (Å²) < 4.78 is 5.16. The van der Waals surface area contributed by atoms with Crippen molar-refractivity contribution in [1.82, 2.24) is 0 Å². The van der Waals surface area contributed by atoms with Crippen LogP contribution in [0.1, 0.15) is 10.4 Å². The molecular formula is C13H14OS. The van der Waals surface area contributed by atoms with Crippen molar-refractivity contribution in [2.45, 2.75) is 12.8 Å². The monoisotopic (exact) mass is 218 g/mol. The third-order valence-corrected chi connectivity index (χ3v) is 3.34. The lowest BCUT2D eigenvalue weighted by atomic mass is 10.1. The molecule has 0 aliphatic heterocycles. The van der Waals surface area contributed by atoms with E-state index in [4.69, 9.17) is 4.74 Å². The van der Waals surface area contributed by atoms with Crippen molar-refractivity contribution in [2.24, 2.45) is 0 Å². The smallest absolute Gasteiger partial charge is 0.129 e. The first-order chi connectivity index (χ1) is 7.38. The number of hydrogen-bond donors (Lipinski definition) is 0. The van der Waals surface area contributed by atoms with Crippen molar-refractivity contribution in [2.75, 3.05) is 7.11 Å². The molecule has 15 heavy (non-hydrogen) atoms. The molecule has 0 saturated carbocycles. The Balaban J connectivity index is 1.93. The average molecular weight is 218 g/mol. The van der Waals surface area contributed by atoms with Gasteiger partial charge in [0.2, 0.25) is 0 Å². The van der Waals surface area contributed by atoms with E-state index in [2.05, 4.69) is 41.8 Å². The molecular weight excluding hydrogens is 204 g/mol. The van der Waals surface area contributed by atoms with Crippen LogP contribution in [0.4, 0.5) is 0 Å². The first kappa shape index (κ1) is 10.2. The van der Waals surface area contributed by atoms with E-state index in [1.807, 2.05) is 0 Å². The van der Waals surface area contributed by atoms with Gasteiger partial charge < -0.3 is 4.74 Å². The van der Waals surface area contributed by atoms with Crippen LogP contribution < -0.4 is 4.74 Å². The topological polar surface area (TPSA) is 9.23 Å². The normalized spacial score (nSPS) is 10.2. The Morgan fingerprint density at radius 1 is 1.13 bits per heavy atom. The van der Waals surface area contributed by atoms with Gasteiger partial charge in [-0.05, 0) is 24.5 Å². The largest absolute Gasteiger partial charge is 0.496 e. The summed E-state index contributed by atoms with van der Waals surface area (Å²) >= 11 is 1.77. The molecule has 78 valence electrons. The summed E-state index contributed by atoms with van der Waals surface area (Å²) in [6, 6.07) is 12.7. The number of ether oxygens (including phenoxy) is 1. The minimum absolute atomic E-state index is 0.975. The third-order valence-electron chi connectivity index (χ3n) is 2.37. The molecule has 0 unspecified atom stereocenters. The molecule has 0 radical (unpaired) electrons. The molecule has 2 heteroatoms. The van der Waals surface area contributed by atoms with Crippen molar-refractivity contribution in [3.8, 4) is 5.75 Å². The Kier molecular flexibility index (Phi) is 3.41. The predicted octanol–water partition coefficient (Wildman–Crippen LogP) is 3.54. The molecule has 0 bridgehead atoms. The Morgan fingerprint density at radius 3 is 2.60 bits per heavy atom. The molecule has 1 nitrogen and oxygen atoms in total.